The summed E-state index contributed by atoms with van der Waals surface area (Å²) < 4.78 is 32.3. The van der Waals surface area contributed by atoms with Gasteiger partial charge < -0.3 is 15.4 Å². The van der Waals surface area contributed by atoms with Crippen molar-refractivity contribution >= 4 is 5.82 Å². The lowest BCUT2D eigenvalue weighted by Gasteiger charge is -2.32. The van der Waals surface area contributed by atoms with Crippen LogP contribution in [0.15, 0.2) is 30.6 Å². The smallest absolute Gasteiger partial charge is 0.167 e. The van der Waals surface area contributed by atoms with Crippen LogP contribution in [-0.4, -0.2) is 29.2 Å². The van der Waals surface area contributed by atoms with Crippen molar-refractivity contribution in [2.24, 2.45) is 5.73 Å². The van der Waals surface area contributed by atoms with Gasteiger partial charge in [-0.1, -0.05) is 0 Å². The van der Waals surface area contributed by atoms with Gasteiger partial charge in [0, 0.05) is 32.0 Å². The summed E-state index contributed by atoms with van der Waals surface area (Å²) in [5.74, 6) is -0.354. The fraction of sp³-hybridized carbons (Fsp3) is 0.444. The number of hydrogen-bond acceptors (Lipinski definition) is 5. The van der Waals surface area contributed by atoms with Crippen molar-refractivity contribution in [3.05, 3.63) is 47.9 Å². The van der Waals surface area contributed by atoms with Crippen molar-refractivity contribution < 1.29 is 13.5 Å². The average Bonchev–Trinajstić information content (AvgIpc) is 3.37. The van der Waals surface area contributed by atoms with Gasteiger partial charge in [0.15, 0.2) is 11.6 Å². The van der Waals surface area contributed by atoms with Crippen LogP contribution >= 0.6 is 0 Å². The van der Waals surface area contributed by atoms with E-state index in [-0.39, 0.29) is 17.4 Å². The molecule has 2 heterocycles. The first-order chi connectivity index (χ1) is 12.0. The predicted molar refractivity (Wildman–Crippen MR) is 89.4 cm³/mol. The van der Waals surface area contributed by atoms with Crippen LogP contribution in [0.2, 0.25) is 0 Å². The lowest BCUT2D eigenvalue weighted by Crippen LogP contribution is -2.39. The first kappa shape index (κ1) is 16.2. The number of ether oxygens (including phenoxy) is 1. The molecule has 0 bridgehead atoms. The molecule has 1 aromatic heterocycles. The zero-order valence-electron chi connectivity index (χ0n) is 13.8. The van der Waals surface area contributed by atoms with Crippen LogP contribution in [0.4, 0.5) is 14.6 Å². The summed E-state index contributed by atoms with van der Waals surface area (Å²) >= 11 is 0. The molecule has 0 spiro atoms. The summed E-state index contributed by atoms with van der Waals surface area (Å²) in [5, 5.41) is 0. The third kappa shape index (κ3) is 3.42. The van der Waals surface area contributed by atoms with E-state index in [1.807, 2.05) is 0 Å². The maximum atomic E-state index is 13.7. The maximum absolute atomic E-state index is 13.7. The lowest BCUT2D eigenvalue weighted by atomic mass is 10.1. The van der Waals surface area contributed by atoms with Gasteiger partial charge in [0.1, 0.15) is 17.7 Å². The first-order valence-corrected chi connectivity index (χ1v) is 8.52. The molecule has 2 aliphatic rings. The number of hydrogen-bond donors (Lipinski definition) is 1. The minimum Gasteiger partial charge on any atom is -0.487 e. The third-order valence-electron chi connectivity index (χ3n) is 4.89. The van der Waals surface area contributed by atoms with Crippen LogP contribution < -0.4 is 15.4 Å². The highest BCUT2D eigenvalue weighted by molar-refractivity contribution is 5.38. The molecule has 4 rings (SSSR count). The normalized spacial score (nSPS) is 19.7. The molecule has 0 radical (unpaired) electrons. The Labute approximate surface area is 144 Å². The number of benzene rings is 1. The molecule has 7 heteroatoms. The second kappa shape index (κ2) is 6.22. The molecule has 25 heavy (non-hydrogen) atoms. The average molecular weight is 346 g/mol. The molecule has 132 valence electrons. The summed E-state index contributed by atoms with van der Waals surface area (Å²) in [5.41, 5.74) is 6.70. The van der Waals surface area contributed by atoms with Crippen molar-refractivity contribution in [2.45, 2.75) is 37.3 Å². The zero-order chi connectivity index (χ0) is 17.4. The first-order valence-electron chi connectivity index (χ1n) is 8.52. The van der Waals surface area contributed by atoms with Crippen molar-refractivity contribution in [3.8, 4) is 5.75 Å². The van der Waals surface area contributed by atoms with E-state index in [1.54, 1.807) is 12.4 Å². The van der Waals surface area contributed by atoms with Crippen LogP contribution in [-0.2, 0) is 5.54 Å². The highest BCUT2D eigenvalue weighted by Crippen LogP contribution is 2.41. The Morgan fingerprint density at radius 2 is 1.88 bits per heavy atom. The number of anilines is 1. The minimum atomic E-state index is -0.667. The van der Waals surface area contributed by atoms with Gasteiger partial charge in [-0.25, -0.2) is 13.8 Å². The number of nitrogens with zero attached hydrogens (tertiary/aromatic N) is 3. The number of piperidine rings is 1. The molecule has 1 aliphatic carbocycles. The van der Waals surface area contributed by atoms with Crippen molar-refractivity contribution in [1.82, 2.24) is 9.97 Å². The van der Waals surface area contributed by atoms with Crippen LogP contribution in [0, 0.1) is 11.6 Å². The Morgan fingerprint density at radius 1 is 1.12 bits per heavy atom. The van der Waals surface area contributed by atoms with E-state index in [0.717, 1.165) is 56.4 Å². The Morgan fingerprint density at radius 3 is 2.48 bits per heavy atom. The predicted octanol–water partition coefficient (Wildman–Crippen LogP) is 2.75. The molecule has 1 aromatic carbocycles. The monoisotopic (exact) mass is 346 g/mol. The molecule has 5 nitrogen and oxygen atoms in total. The van der Waals surface area contributed by atoms with Gasteiger partial charge in [0.2, 0.25) is 0 Å². The van der Waals surface area contributed by atoms with Gasteiger partial charge in [-0.3, -0.25) is 4.98 Å². The number of halogens is 2. The molecule has 1 aliphatic heterocycles. The minimum absolute atomic E-state index is 0.0952. The largest absolute Gasteiger partial charge is 0.487 e. The van der Waals surface area contributed by atoms with Gasteiger partial charge in [-0.15, -0.1) is 0 Å². The van der Waals surface area contributed by atoms with Crippen LogP contribution in [0.3, 0.4) is 0 Å². The van der Waals surface area contributed by atoms with Gasteiger partial charge in [0.25, 0.3) is 0 Å². The number of nitrogens with two attached hydrogens (primary N) is 1. The van der Waals surface area contributed by atoms with Gasteiger partial charge >= 0.3 is 0 Å². The van der Waals surface area contributed by atoms with Gasteiger partial charge in [-0.05, 0) is 25.0 Å². The molecule has 2 fully saturated rings. The molecular weight excluding hydrogens is 326 g/mol. The molecular formula is C18H20F2N4O. The summed E-state index contributed by atoms with van der Waals surface area (Å²) in [4.78, 5) is 11.1. The van der Waals surface area contributed by atoms with Crippen LogP contribution in [0.25, 0.3) is 0 Å². The van der Waals surface area contributed by atoms with E-state index in [2.05, 4.69) is 14.9 Å². The molecule has 1 saturated heterocycles. The SMILES string of the molecule is NC1(c2cnc(N3CCC(Oc4ccc(F)cc4F)CC3)cn2)CC1. The summed E-state index contributed by atoms with van der Waals surface area (Å²) in [7, 11) is 0. The second-order valence-corrected chi connectivity index (χ2v) is 6.79. The lowest BCUT2D eigenvalue weighted by molar-refractivity contribution is 0.163. The Hall–Kier alpha value is -2.28. The summed E-state index contributed by atoms with van der Waals surface area (Å²) in [6.45, 7) is 1.49. The molecule has 2 N–H and O–H groups in total. The van der Waals surface area contributed by atoms with E-state index >= 15 is 0 Å². The Kier molecular flexibility index (Phi) is 4.03. The number of rotatable bonds is 4. The van der Waals surface area contributed by atoms with Gasteiger partial charge in [-0.2, -0.15) is 0 Å². The van der Waals surface area contributed by atoms with Gasteiger partial charge in [0.05, 0.1) is 23.6 Å². The molecule has 1 saturated carbocycles. The molecule has 0 unspecified atom stereocenters. The highest BCUT2D eigenvalue weighted by Gasteiger charge is 2.41. The van der Waals surface area contributed by atoms with E-state index in [4.69, 9.17) is 10.5 Å². The van der Waals surface area contributed by atoms with Crippen LogP contribution in [0.1, 0.15) is 31.4 Å². The molecule has 2 aromatic rings. The fourth-order valence-corrected chi connectivity index (χ4v) is 3.09. The fourth-order valence-electron chi connectivity index (χ4n) is 3.09. The van der Waals surface area contributed by atoms with E-state index < -0.39 is 11.6 Å². The second-order valence-electron chi connectivity index (χ2n) is 6.79. The van der Waals surface area contributed by atoms with Crippen molar-refractivity contribution in [3.63, 3.8) is 0 Å². The molecule has 0 amide bonds. The quantitative estimate of drug-likeness (QED) is 0.922. The highest BCUT2D eigenvalue weighted by atomic mass is 19.1. The number of aromatic nitrogens is 2. The summed E-state index contributed by atoms with van der Waals surface area (Å²) in [6, 6.07) is 3.38. The van der Waals surface area contributed by atoms with Crippen LogP contribution in [0.5, 0.6) is 5.75 Å². The zero-order valence-corrected chi connectivity index (χ0v) is 13.8. The van der Waals surface area contributed by atoms with Crippen molar-refractivity contribution in [1.29, 1.82) is 0 Å². The van der Waals surface area contributed by atoms with E-state index in [0.29, 0.717) is 0 Å². The third-order valence-corrected chi connectivity index (χ3v) is 4.89. The topological polar surface area (TPSA) is 64.3 Å². The molecule has 0 atom stereocenters. The summed E-state index contributed by atoms with van der Waals surface area (Å²) in [6.07, 6.45) is 6.83. The standard InChI is InChI=1S/C18H20F2N4O/c19-12-1-2-15(14(20)9-12)25-13-3-7-24(8-4-13)17-11-22-16(10-23-17)18(21)5-6-18/h1-2,9-11,13H,3-8,21H2. The van der Waals surface area contributed by atoms with Crippen molar-refractivity contribution in [2.75, 3.05) is 18.0 Å². The Balaban J connectivity index is 1.35. The van der Waals surface area contributed by atoms with E-state index in [1.165, 1.54) is 12.1 Å². The van der Waals surface area contributed by atoms with E-state index in [9.17, 15) is 8.78 Å². The maximum Gasteiger partial charge on any atom is 0.167 e. The Bertz CT molecular complexity index is 756.